The molecule has 104 valence electrons. The normalized spacial score (nSPS) is 29.2. The molecule has 19 heavy (non-hydrogen) atoms. The fourth-order valence-corrected chi connectivity index (χ4v) is 3.64. The van der Waals surface area contributed by atoms with Gasteiger partial charge < -0.3 is 5.32 Å². The molecule has 2 heteroatoms. The van der Waals surface area contributed by atoms with E-state index in [4.69, 9.17) is 0 Å². The van der Waals surface area contributed by atoms with Gasteiger partial charge in [0.2, 0.25) is 0 Å². The summed E-state index contributed by atoms with van der Waals surface area (Å²) in [5, 5.41) is 3.65. The minimum Gasteiger partial charge on any atom is -0.307 e. The van der Waals surface area contributed by atoms with Gasteiger partial charge >= 0.3 is 0 Å². The Hall–Kier alpha value is -0.890. The zero-order chi connectivity index (χ0) is 13.2. The minimum atomic E-state index is -0.0861. The van der Waals surface area contributed by atoms with E-state index < -0.39 is 0 Å². The molecular weight excluding hydrogens is 237 g/mol. The van der Waals surface area contributed by atoms with E-state index in [2.05, 4.69) is 12.2 Å². The van der Waals surface area contributed by atoms with Crippen molar-refractivity contribution in [1.29, 1.82) is 0 Å². The van der Waals surface area contributed by atoms with Crippen LogP contribution >= 0.6 is 0 Å². The van der Waals surface area contributed by atoms with Crippen molar-refractivity contribution >= 4 is 0 Å². The second kappa shape index (κ2) is 5.62. The van der Waals surface area contributed by atoms with Crippen LogP contribution in [-0.2, 0) is 0 Å². The van der Waals surface area contributed by atoms with Crippen molar-refractivity contribution in [2.24, 2.45) is 11.8 Å². The van der Waals surface area contributed by atoms with E-state index >= 15 is 0 Å². The van der Waals surface area contributed by atoms with Crippen LogP contribution in [0.5, 0.6) is 0 Å². The molecule has 0 saturated heterocycles. The smallest absolute Gasteiger partial charge is 0.127 e. The summed E-state index contributed by atoms with van der Waals surface area (Å²) >= 11 is 0. The average Bonchev–Trinajstić information content (AvgIpc) is 3.24. The van der Waals surface area contributed by atoms with E-state index in [1.165, 1.54) is 38.5 Å². The van der Waals surface area contributed by atoms with Gasteiger partial charge in [0.25, 0.3) is 0 Å². The van der Waals surface area contributed by atoms with Crippen LogP contribution in [0.3, 0.4) is 0 Å². The van der Waals surface area contributed by atoms with Crippen molar-refractivity contribution in [2.75, 3.05) is 0 Å². The maximum Gasteiger partial charge on any atom is 0.127 e. The predicted molar refractivity (Wildman–Crippen MR) is 76.4 cm³/mol. The van der Waals surface area contributed by atoms with Gasteiger partial charge in [0.15, 0.2) is 0 Å². The lowest BCUT2D eigenvalue weighted by Gasteiger charge is -2.32. The first-order valence-electron chi connectivity index (χ1n) is 7.74. The molecule has 2 aliphatic rings. The van der Waals surface area contributed by atoms with E-state index in [0.717, 1.165) is 17.4 Å². The molecule has 1 aromatic carbocycles. The first-order chi connectivity index (χ1) is 9.24. The van der Waals surface area contributed by atoms with E-state index in [1.54, 1.807) is 12.1 Å². The molecule has 0 amide bonds. The van der Waals surface area contributed by atoms with Crippen LogP contribution in [0.25, 0.3) is 0 Å². The second-order valence-electron chi connectivity index (χ2n) is 6.37. The van der Waals surface area contributed by atoms with Crippen molar-refractivity contribution < 1.29 is 4.39 Å². The summed E-state index contributed by atoms with van der Waals surface area (Å²) in [6.07, 6.45) is 8.19. The van der Waals surface area contributed by atoms with Crippen LogP contribution in [0.15, 0.2) is 24.3 Å². The Labute approximate surface area is 115 Å². The third kappa shape index (κ3) is 3.17. The highest BCUT2D eigenvalue weighted by Gasteiger charge is 2.34. The summed E-state index contributed by atoms with van der Waals surface area (Å²) in [5.41, 5.74) is 0.802. The fourth-order valence-electron chi connectivity index (χ4n) is 3.64. The van der Waals surface area contributed by atoms with Gasteiger partial charge in [-0.25, -0.2) is 4.39 Å². The van der Waals surface area contributed by atoms with E-state index in [0.29, 0.717) is 6.04 Å². The number of halogens is 1. The Bertz CT molecular complexity index is 427. The summed E-state index contributed by atoms with van der Waals surface area (Å²) in [7, 11) is 0. The Morgan fingerprint density at radius 3 is 2.63 bits per heavy atom. The number of rotatable bonds is 4. The molecule has 0 spiro atoms. The number of benzene rings is 1. The molecule has 0 aliphatic heterocycles. The lowest BCUT2D eigenvalue weighted by molar-refractivity contribution is 0.248. The highest BCUT2D eigenvalue weighted by atomic mass is 19.1. The molecule has 2 fully saturated rings. The molecule has 0 aromatic heterocycles. The summed E-state index contributed by atoms with van der Waals surface area (Å²) in [5.74, 6) is 1.85. The van der Waals surface area contributed by atoms with Gasteiger partial charge in [0.1, 0.15) is 5.82 Å². The largest absolute Gasteiger partial charge is 0.307 e. The number of hydrogen-bond donors (Lipinski definition) is 1. The van der Waals surface area contributed by atoms with Crippen molar-refractivity contribution in [3.05, 3.63) is 35.6 Å². The SMILES string of the molecule is C[C@@H](NC1CCCC(C2CC2)C1)c1ccccc1F. The fraction of sp³-hybridized carbons (Fsp3) is 0.647. The molecule has 3 rings (SSSR count). The summed E-state index contributed by atoms with van der Waals surface area (Å²) in [6, 6.07) is 7.83. The van der Waals surface area contributed by atoms with Crippen LogP contribution in [0.2, 0.25) is 0 Å². The Balaban J connectivity index is 1.59. The summed E-state index contributed by atoms with van der Waals surface area (Å²) in [6.45, 7) is 2.08. The summed E-state index contributed by atoms with van der Waals surface area (Å²) in [4.78, 5) is 0. The molecule has 1 nitrogen and oxygen atoms in total. The van der Waals surface area contributed by atoms with Gasteiger partial charge in [0, 0.05) is 17.6 Å². The van der Waals surface area contributed by atoms with Crippen molar-refractivity contribution in [3.8, 4) is 0 Å². The Kier molecular flexibility index (Phi) is 3.88. The van der Waals surface area contributed by atoms with Gasteiger partial charge in [-0.2, -0.15) is 0 Å². The molecule has 3 atom stereocenters. The lowest BCUT2D eigenvalue weighted by Crippen LogP contribution is -2.36. The first-order valence-corrected chi connectivity index (χ1v) is 7.74. The highest BCUT2D eigenvalue weighted by Crippen LogP contribution is 2.44. The molecule has 1 aromatic rings. The number of nitrogens with one attached hydrogen (secondary N) is 1. The Morgan fingerprint density at radius 1 is 1.11 bits per heavy atom. The van der Waals surface area contributed by atoms with Gasteiger partial charge in [0.05, 0.1) is 0 Å². The van der Waals surface area contributed by atoms with Crippen LogP contribution < -0.4 is 5.32 Å². The van der Waals surface area contributed by atoms with Crippen molar-refractivity contribution in [1.82, 2.24) is 5.32 Å². The topological polar surface area (TPSA) is 12.0 Å². The van der Waals surface area contributed by atoms with Gasteiger partial charge in [-0.05, 0) is 50.5 Å². The molecule has 2 aliphatic carbocycles. The maximum absolute atomic E-state index is 13.8. The molecular formula is C17H24FN. The number of hydrogen-bond acceptors (Lipinski definition) is 1. The van der Waals surface area contributed by atoms with Crippen molar-refractivity contribution in [3.63, 3.8) is 0 Å². The quantitative estimate of drug-likeness (QED) is 0.844. The van der Waals surface area contributed by atoms with Gasteiger partial charge in [-0.1, -0.05) is 31.0 Å². The van der Waals surface area contributed by atoms with E-state index in [-0.39, 0.29) is 11.9 Å². The van der Waals surface area contributed by atoms with E-state index in [1.807, 2.05) is 12.1 Å². The molecule has 0 radical (unpaired) electrons. The van der Waals surface area contributed by atoms with Gasteiger partial charge in [-0.15, -0.1) is 0 Å². The molecule has 2 saturated carbocycles. The first kappa shape index (κ1) is 13.1. The molecule has 1 N–H and O–H groups in total. The van der Waals surface area contributed by atoms with Crippen LogP contribution in [0.1, 0.15) is 57.1 Å². The zero-order valence-electron chi connectivity index (χ0n) is 11.7. The van der Waals surface area contributed by atoms with Crippen LogP contribution in [0, 0.1) is 17.7 Å². The van der Waals surface area contributed by atoms with E-state index in [9.17, 15) is 4.39 Å². The third-order valence-electron chi connectivity index (χ3n) is 4.86. The molecule has 0 heterocycles. The maximum atomic E-state index is 13.8. The standard InChI is InChI=1S/C17H24FN/c1-12(16-7-2-3-8-17(16)18)19-15-6-4-5-14(11-15)13-9-10-13/h2-3,7-8,12-15,19H,4-6,9-11H2,1H3/t12-,14?,15?/m1/s1. The van der Waals surface area contributed by atoms with Crippen LogP contribution in [-0.4, -0.2) is 6.04 Å². The monoisotopic (exact) mass is 261 g/mol. The third-order valence-corrected chi connectivity index (χ3v) is 4.86. The second-order valence-corrected chi connectivity index (χ2v) is 6.37. The van der Waals surface area contributed by atoms with Gasteiger partial charge in [-0.3, -0.25) is 0 Å². The lowest BCUT2D eigenvalue weighted by atomic mass is 9.82. The Morgan fingerprint density at radius 2 is 1.89 bits per heavy atom. The zero-order valence-corrected chi connectivity index (χ0v) is 11.7. The summed E-state index contributed by atoms with van der Waals surface area (Å²) < 4.78 is 13.8. The highest BCUT2D eigenvalue weighted by molar-refractivity contribution is 5.20. The molecule has 2 unspecified atom stereocenters. The van der Waals surface area contributed by atoms with Crippen molar-refractivity contribution in [2.45, 2.75) is 57.5 Å². The average molecular weight is 261 g/mol. The minimum absolute atomic E-state index is 0.0861. The van der Waals surface area contributed by atoms with Crippen LogP contribution in [0.4, 0.5) is 4.39 Å². The predicted octanol–water partition coefficient (Wildman–Crippen LogP) is 4.45. The molecule has 0 bridgehead atoms.